The summed E-state index contributed by atoms with van der Waals surface area (Å²) in [6.45, 7) is 7.93. The number of anilines is 2. The summed E-state index contributed by atoms with van der Waals surface area (Å²) in [5.74, 6) is 0.134. The quantitative estimate of drug-likeness (QED) is 0.127. The van der Waals surface area contributed by atoms with E-state index in [-0.39, 0.29) is 11.8 Å². The smallest absolute Gasteiger partial charge is 0.224 e. The van der Waals surface area contributed by atoms with Crippen LogP contribution < -0.4 is 11.1 Å². The van der Waals surface area contributed by atoms with Crippen molar-refractivity contribution in [2.24, 2.45) is 0 Å². The maximum atomic E-state index is 14.5. The summed E-state index contributed by atoms with van der Waals surface area (Å²) in [5.41, 5.74) is 11.0. The van der Waals surface area contributed by atoms with Crippen LogP contribution >= 0.6 is 11.6 Å². The normalized spacial score (nSPS) is 15.8. The molecule has 2 bridgehead atoms. The molecule has 1 aliphatic rings. The molecular formula is C32H37ClFN5O2Si. The number of rotatable bonds is 7. The fourth-order valence-corrected chi connectivity index (χ4v) is 6.05. The Morgan fingerprint density at radius 3 is 2.71 bits per heavy atom. The molecule has 5 rings (SSSR count). The van der Waals surface area contributed by atoms with E-state index in [9.17, 15) is 9.18 Å². The molecular weight excluding hydrogens is 569 g/mol. The SMILES string of the molecule is C[Si](C)(C)CCOCn1cc2nc1C(c1ccc(-c3cc(Cl)ccc3N)cn1)CCCCC(=O)Nc1ccc(F)cc1-2. The van der Waals surface area contributed by atoms with Gasteiger partial charge in [0.2, 0.25) is 5.91 Å². The molecule has 0 spiro atoms. The zero-order chi connectivity index (χ0) is 29.9. The average Bonchev–Trinajstić information content (AvgIpc) is 3.36. The highest BCUT2D eigenvalue weighted by Gasteiger charge is 2.25. The minimum Gasteiger partial charge on any atom is -0.398 e. The molecule has 1 aliphatic heterocycles. The molecule has 2 aromatic heterocycles. The van der Waals surface area contributed by atoms with E-state index >= 15 is 0 Å². The van der Waals surface area contributed by atoms with Gasteiger partial charge in [0.15, 0.2) is 0 Å². The molecule has 42 heavy (non-hydrogen) atoms. The van der Waals surface area contributed by atoms with E-state index in [0.717, 1.165) is 41.5 Å². The molecule has 1 amide bonds. The van der Waals surface area contributed by atoms with Crippen LogP contribution in [0.2, 0.25) is 30.7 Å². The van der Waals surface area contributed by atoms with Gasteiger partial charge in [-0.2, -0.15) is 0 Å². The van der Waals surface area contributed by atoms with Crippen LogP contribution in [0.3, 0.4) is 0 Å². The predicted molar refractivity (Wildman–Crippen MR) is 170 cm³/mol. The zero-order valence-corrected chi connectivity index (χ0v) is 26.0. The second-order valence-corrected chi connectivity index (χ2v) is 18.1. The Morgan fingerprint density at radius 2 is 1.95 bits per heavy atom. The Labute approximate surface area is 252 Å². The van der Waals surface area contributed by atoms with Crippen LogP contribution in [0.4, 0.5) is 15.8 Å². The number of carbonyl (C=O) groups is 1. The van der Waals surface area contributed by atoms with Crippen molar-refractivity contribution >= 4 is 37.0 Å². The number of imidazole rings is 1. The summed E-state index contributed by atoms with van der Waals surface area (Å²) >= 11 is 6.23. The van der Waals surface area contributed by atoms with Crippen LogP contribution in [-0.4, -0.2) is 35.1 Å². The monoisotopic (exact) mass is 605 g/mol. The van der Waals surface area contributed by atoms with Gasteiger partial charge in [-0.25, -0.2) is 9.37 Å². The zero-order valence-electron chi connectivity index (χ0n) is 24.3. The number of hydrogen-bond acceptors (Lipinski definition) is 5. The molecule has 1 unspecified atom stereocenters. The predicted octanol–water partition coefficient (Wildman–Crippen LogP) is 7.94. The Hall–Kier alpha value is -3.53. The van der Waals surface area contributed by atoms with E-state index in [1.165, 1.54) is 12.1 Å². The second-order valence-electron chi connectivity index (χ2n) is 12.0. The Bertz CT molecular complexity index is 1570. The number of nitrogens with zero attached hydrogens (tertiary/aromatic N) is 3. The average molecular weight is 606 g/mol. The van der Waals surface area contributed by atoms with Gasteiger partial charge < -0.3 is 20.4 Å². The number of nitrogen functional groups attached to an aromatic ring is 1. The third-order valence-electron chi connectivity index (χ3n) is 7.49. The standard InChI is InChI=1S/C32H37ClFN5O2Si/c1-42(2,3)15-14-41-20-39-19-30-26-17-23(34)10-13-29(26)37-31(40)7-5-4-6-24(32(39)38-30)28-12-8-21(18-36-28)25-16-22(33)9-11-27(25)35/h8-13,16-19,24H,4-7,14-15,20,35H2,1-3H3,(H,37,40). The van der Waals surface area contributed by atoms with E-state index < -0.39 is 13.9 Å². The molecule has 4 aromatic rings. The molecule has 0 radical (unpaired) electrons. The van der Waals surface area contributed by atoms with Gasteiger partial charge in [0.1, 0.15) is 18.4 Å². The summed E-state index contributed by atoms with van der Waals surface area (Å²) in [6, 6.07) is 14.8. The molecule has 10 heteroatoms. The lowest BCUT2D eigenvalue weighted by molar-refractivity contribution is -0.116. The van der Waals surface area contributed by atoms with E-state index in [1.54, 1.807) is 18.2 Å². The minimum absolute atomic E-state index is 0.101. The maximum absolute atomic E-state index is 14.5. The van der Waals surface area contributed by atoms with E-state index in [2.05, 4.69) is 25.0 Å². The number of benzene rings is 2. The highest BCUT2D eigenvalue weighted by molar-refractivity contribution is 6.76. The van der Waals surface area contributed by atoms with Gasteiger partial charge in [-0.3, -0.25) is 9.78 Å². The van der Waals surface area contributed by atoms with Crippen LogP contribution in [0.1, 0.15) is 43.1 Å². The van der Waals surface area contributed by atoms with Crippen LogP contribution in [0.25, 0.3) is 22.4 Å². The molecule has 7 nitrogen and oxygen atoms in total. The fraction of sp³-hybridized carbons (Fsp3) is 0.344. The number of carbonyl (C=O) groups excluding carboxylic acids is 1. The Morgan fingerprint density at radius 1 is 1.12 bits per heavy atom. The molecule has 0 aliphatic carbocycles. The maximum Gasteiger partial charge on any atom is 0.224 e. The lowest BCUT2D eigenvalue weighted by Gasteiger charge is -2.20. The highest BCUT2D eigenvalue weighted by Crippen LogP contribution is 2.36. The molecule has 220 valence electrons. The van der Waals surface area contributed by atoms with Crippen LogP contribution in [0.15, 0.2) is 60.9 Å². The van der Waals surface area contributed by atoms with E-state index in [0.29, 0.717) is 53.8 Å². The van der Waals surface area contributed by atoms with Crippen molar-refractivity contribution in [3.63, 3.8) is 0 Å². The summed E-state index contributed by atoms with van der Waals surface area (Å²) in [6.07, 6.45) is 6.32. The summed E-state index contributed by atoms with van der Waals surface area (Å²) in [4.78, 5) is 22.6. The van der Waals surface area contributed by atoms with E-state index in [1.807, 2.05) is 35.2 Å². The first-order valence-electron chi connectivity index (χ1n) is 14.3. The molecule has 3 heterocycles. The number of halogens is 2. The van der Waals surface area contributed by atoms with Gasteiger partial charge >= 0.3 is 0 Å². The fourth-order valence-electron chi connectivity index (χ4n) is 5.13. The first kappa shape index (κ1) is 29.9. The van der Waals surface area contributed by atoms with Crippen molar-refractivity contribution in [3.05, 3.63) is 83.3 Å². The van der Waals surface area contributed by atoms with Crippen molar-refractivity contribution in [2.75, 3.05) is 17.7 Å². The first-order chi connectivity index (χ1) is 20.1. The van der Waals surface area contributed by atoms with Gasteiger partial charge in [-0.15, -0.1) is 0 Å². The third kappa shape index (κ3) is 7.26. The number of amides is 1. The number of nitrogens with two attached hydrogens (primary N) is 1. The molecule has 0 saturated heterocycles. The van der Waals surface area contributed by atoms with Crippen molar-refractivity contribution in [1.29, 1.82) is 0 Å². The lowest BCUT2D eigenvalue weighted by atomic mass is 9.95. The van der Waals surface area contributed by atoms with Crippen LogP contribution in [-0.2, 0) is 16.3 Å². The number of fused-ring (bicyclic) bond motifs is 4. The van der Waals surface area contributed by atoms with Gasteiger partial charge in [-0.1, -0.05) is 43.7 Å². The number of nitrogens with one attached hydrogen (secondary N) is 1. The molecule has 3 N–H and O–H groups in total. The van der Waals surface area contributed by atoms with Crippen molar-refractivity contribution in [2.45, 2.75) is 64.0 Å². The summed E-state index contributed by atoms with van der Waals surface area (Å²) < 4.78 is 22.6. The topological polar surface area (TPSA) is 95.1 Å². The minimum atomic E-state index is -1.27. The number of ether oxygens (including phenoxy) is 1. The lowest BCUT2D eigenvalue weighted by Crippen LogP contribution is -2.22. The Kier molecular flexibility index (Phi) is 9.10. The first-order valence-corrected chi connectivity index (χ1v) is 18.4. The Balaban J connectivity index is 1.56. The van der Waals surface area contributed by atoms with Crippen LogP contribution in [0.5, 0.6) is 0 Å². The molecule has 0 saturated carbocycles. The van der Waals surface area contributed by atoms with Gasteiger partial charge in [0, 0.05) is 60.9 Å². The summed E-state index contributed by atoms with van der Waals surface area (Å²) in [5, 5.41) is 3.56. The molecule has 2 aromatic carbocycles. The van der Waals surface area contributed by atoms with Crippen molar-refractivity contribution < 1.29 is 13.9 Å². The van der Waals surface area contributed by atoms with Gasteiger partial charge in [0.25, 0.3) is 0 Å². The third-order valence-corrected chi connectivity index (χ3v) is 9.43. The number of pyridine rings is 1. The highest BCUT2D eigenvalue weighted by atomic mass is 35.5. The van der Waals surface area contributed by atoms with Gasteiger partial charge in [-0.05, 0) is 61.4 Å². The molecule has 1 atom stereocenters. The summed E-state index contributed by atoms with van der Waals surface area (Å²) in [7, 11) is -1.27. The van der Waals surface area contributed by atoms with E-state index in [4.69, 9.17) is 32.0 Å². The van der Waals surface area contributed by atoms with Crippen molar-refractivity contribution in [3.8, 4) is 22.4 Å². The number of aromatic nitrogens is 3. The van der Waals surface area contributed by atoms with Crippen LogP contribution in [0, 0.1) is 5.82 Å². The number of hydrogen-bond donors (Lipinski definition) is 2. The van der Waals surface area contributed by atoms with Crippen molar-refractivity contribution in [1.82, 2.24) is 14.5 Å². The largest absolute Gasteiger partial charge is 0.398 e. The second kappa shape index (κ2) is 12.8. The van der Waals surface area contributed by atoms with Gasteiger partial charge in [0.05, 0.1) is 23.0 Å². The molecule has 0 fully saturated rings.